The second-order valence-electron chi connectivity index (χ2n) is 7.45. The average Bonchev–Trinajstić information content (AvgIpc) is 3.32. The zero-order chi connectivity index (χ0) is 18.8. The molecule has 27 heavy (non-hydrogen) atoms. The minimum Gasteiger partial charge on any atom is -0.334 e. The van der Waals surface area contributed by atoms with Crippen molar-refractivity contribution in [3.05, 3.63) is 70.5 Å². The van der Waals surface area contributed by atoms with E-state index in [9.17, 15) is 14.0 Å². The van der Waals surface area contributed by atoms with Gasteiger partial charge in [0, 0.05) is 37.0 Å². The minimum absolute atomic E-state index is 0.159. The largest absolute Gasteiger partial charge is 0.334 e. The van der Waals surface area contributed by atoms with Crippen LogP contribution in [0.4, 0.5) is 4.39 Å². The number of amides is 1. The molecule has 1 heterocycles. The van der Waals surface area contributed by atoms with Crippen molar-refractivity contribution < 1.29 is 14.0 Å². The van der Waals surface area contributed by atoms with Crippen LogP contribution in [-0.4, -0.2) is 29.7 Å². The molecule has 140 valence electrons. The van der Waals surface area contributed by atoms with Crippen LogP contribution in [0.25, 0.3) is 0 Å². The van der Waals surface area contributed by atoms with Gasteiger partial charge in [0.25, 0.3) is 0 Å². The van der Waals surface area contributed by atoms with Gasteiger partial charge >= 0.3 is 0 Å². The lowest BCUT2D eigenvalue weighted by atomic mass is 10.1. The van der Waals surface area contributed by atoms with Gasteiger partial charge < -0.3 is 10.2 Å². The molecule has 1 N–H and O–H groups in total. The van der Waals surface area contributed by atoms with Gasteiger partial charge in [-0.25, -0.2) is 4.39 Å². The van der Waals surface area contributed by atoms with Gasteiger partial charge in [0.15, 0.2) is 0 Å². The zero-order valence-corrected chi connectivity index (χ0v) is 15.2. The monoisotopic (exact) mass is 366 g/mol. The quantitative estimate of drug-likeness (QED) is 0.604. The number of aldehydes is 1. The summed E-state index contributed by atoms with van der Waals surface area (Å²) < 4.78 is 13.0. The van der Waals surface area contributed by atoms with Gasteiger partial charge in [0.05, 0.1) is 0 Å². The third-order valence-electron chi connectivity index (χ3n) is 5.50. The maximum Gasteiger partial charge on any atom is 0.223 e. The maximum atomic E-state index is 13.0. The lowest BCUT2D eigenvalue weighted by Crippen LogP contribution is -2.27. The first-order valence-electron chi connectivity index (χ1n) is 9.47. The number of carbonyl (C=O) groups is 2. The van der Waals surface area contributed by atoms with Crippen LogP contribution >= 0.6 is 0 Å². The van der Waals surface area contributed by atoms with Crippen LogP contribution in [-0.2, 0) is 17.9 Å². The number of fused-ring (bicyclic) bond motifs is 1. The summed E-state index contributed by atoms with van der Waals surface area (Å²) in [7, 11) is 0. The molecule has 2 aromatic rings. The number of hydrogen-bond acceptors (Lipinski definition) is 3. The number of nitrogens with zero attached hydrogens (tertiary/aromatic N) is 1. The molecule has 1 aliphatic carbocycles. The summed E-state index contributed by atoms with van der Waals surface area (Å²) in [6.45, 7) is 2.04. The minimum atomic E-state index is -0.200. The van der Waals surface area contributed by atoms with Gasteiger partial charge in [-0.05, 0) is 54.3 Å². The number of nitrogens with one attached hydrogen (secondary N) is 1. The van der Waals surface area contributed by atoms with E-state index in [1.807, 2.05) is 29.2 Å². The SMILES string of the molecule is O=Cc1ccc2c(c1)CN(C(=O)CCCNC1CC1c1ccc(F)cc1)C2. The fraction of sp³-hybridized carbons (Fsp3) is 0.364. The molecule has 0 radical (unpaired) electrons. The van der Waals surface area contributed by atoms with E-state index in [2.05, 4.69) is 5.32 Å². The fourth-order valence-electron chi connectivity index (χ4n) is 3.85. The molecule has 1 amide bonds. The highest BCUT2D eigenvalue weighted by atomic mass is 19.1. The van der Waals surface area contributed by atoms with Crippen LogP contribution < -0.4 is 5.32 Å². The molecule has 0 aromatic heterocycles. The van der Waals surface area contributed by atoms with E-state index >= 15 is 0 Å². The third-order valence-corrected chi connectivity index (χ3v) is 5.50. The van der Waals surface area contributed by atoms with Crippen molar-refractivity contribution in [1.29, 1.82) is 0 Å². The smallest absolute Gasteiger partial charge is 0.223 e. The van der Waals surface area contributed by atoms with Gasteiger partial charge in [-0.3, -0.25) is 9.59 Å². The fourth-order valence-corrected chi connectivity index (χ4v) is 3.85. The van der Waals surface area contributed by atoms with E-state index < -0.39 is 0 Å². The standard InChI is InChI=1S/C22H23FN2O2/c23-19-7-5-16(6-8-19)20-11-21(20)24-9-1-2-22(27)25-12-17-4-3-15(14-26)10-18(17)13-25/h3-8,10,14,20-21,24H,1-2,9,11-13H2. The summed E-state index contributed by atoms with van der Waals surface area (Å²) in [4.78, 5) is 25.2. The molecular formula is C22H23FN2O2. The van der Waals surface area contributed by atoms with Crippen LogP contribution in [0.15, 0.2) is 42.5 Å². The van der Waals surface area contributed by atoms with Crippen molar-refractivity contribution in [1.82, 2.24) is 10.2 Å². The topological polar surface area (TPSA) is 49.4 Å². The molecule has 2 aromatic carbocycles. The molecule has 1 saturated carbocycles. The molecule has 2 unspecified atom stereocenters. The van der Waals surface area contributed by atoms with E-state index in [0.717, 1.165) is 36.8 Å². The summed E-state index contributed by atoms with van der Waals surface area (Å²) in [6, 6.07) is 12.8. The van der Waals surface area contributed by atoms with Crippen LogP contribution in [0.5, 0.6) is 0 Å². The highest BCUT2D eigenvalue weighted by Crippen LogP contribution is 2.40. The third kappa shape index (κ3) is 4.08. The Morgan fingerprint density at radius 1 is 1.15 bits per heavy atom. The molecule has 1 aliphatic heterocycles. The van der Waals surface area contributed by atoms with E-state index in [1.165, 1.54) is 17.7 Å². The molecule has 0 saturated heterocycles. The Labute approximate surface area is 158 Å². The Kier molecular flexibility index (Phi) is 5.03. The van der Waals surface area contributed by atoms with E-state index in [1.54, 1.807) is 6.07 Å². The zero-order valence-electron chi connectivity index (χ0n) is 15.2. The highest BCUT2D eigenvalue weighted by Gasteiger charge is 2.37. The van der Waals surface area contributed by atoms with Crippen molar-refractivity contribution in [2.24, 2.45) is 0 Å². The van der Waals surface area contributed by atoms with Gasteiger partial charge in [-0.1, -0.05) is 24.3 Å². The second kappa shape index (κ2) is 7.61. The first-order chi connectivity index (χ1) is 13.1. The van der Waals surface area contributed by atoms with Crippen molar-refractivity contribution in [2.75, 3.05) is 6.54 Å². The van der Waals surface area contributed by atoms with E-state index in [4.69, 9.17) is 0 Å². The van der Waals surface area contributed by atoms with Crippen molar-refractivity contribution >= 4 is 12.2 Å². The summed E-state index contributed by atoms with van der Waals surface area (Å²) in [5.74, 6) is 0.418. The number of rotatable bonds is 7. The van der Waals surface area contributed by atoms with Crippen molar-refractivity contribution in [3.63, 3.8) is 0 Å². The Morgan fingerprint density at radius 3 is 2.70 bits per heavy atom. The van der Waals surface area contributed by atoms with Gasteiger partial charge in [0.1, 0.15) is 12.1 Å². The number of carbonyl (C=O) groups excluding carboxylic acids is 2. The Bertz CT molecular complexity index is 850. The predicted molar refractivity (Wildman–Crippen MR) is 101 cm³/mol. The van der Waals surface area contributed by atoms with Crippen molar-refractivity contribution in [3.8, 4) is 0 Å². The lowest BCUT2D eigenvalue weighted by Gasteiger charge is -2.15. The van der Waals surface area contributed by atoms with Gasteiger partial charge in [-0.2, -0.15) is 0 Å². The van der Waals surface area contributed by atoms with Crippen molar-refractivity contribution in [2.45, 2.75) is 44.3 Å². The first kappa shape index (κ1) is 17.9. The number of halogens is 1. The molecule has 2 atom stereocenters. The summed E-state index contributed by atoms with van der Waals surface area (Å²) in [5, 5.41) is 3.49. The number of hydrogen-bond donors (Lipinski definition) is 1. The highest BCUT2D eigenvalue weighted by molar-refractivity contribution is 5.78. The molecule has 4 rings (SSSR count). The molecule has 4 nitrogen and oxygen atoms in total. The van der Waals surface area contributed by atoms with E-state index in [-0.39, 0.29) is 11.7 Å². The second-order valence-corrected chi connectivity index (χ2v) is 7.45. The average molecular weight is 366 g/mol. The summed E-state index contributed by atoms with van der Waals surface area (Å²) >= 11 is 0. The van der Waals surface area contributed by atoms with E-state index in [0.29, 0.717) is 37.0 Å². The predicted octanol–water partition coefficient (Wildman–Crippen LogP) is 3.41. The Hall–Kier alpha value is -2.53. The molecular weight excluding hydrogens is 343 g/mol. The normalized spacial score (nSPS) is 20.4. The summed E-state index contributed by atoms with van der Waals surface area (Å²) in [6.07, 6.45) is 3.24. The molecule has 2 aliphatic rings. The number of benzene rings is 2. The molecule has 0 bridgehead atoms. The maximum absolute atomic E-state index is 13.0. The molecule has 0 spiro atoms. The Balaban J connectivity index is 1.18. The molecule has 5 heteroatoms. The van der Waals surface area contributed by atoms with Crippen LogP contribution in [0.1, 0.15) is 52.2 Å². The first-order valence-corrected chi connectivity index (χ1v) is 9.47. The van der Waals surface area contributed by atoms with Crippen LogP contribution in [0, 0.1) is 5.82 Å². The summed E-state index contributed by atoms with van der Waals surface area (Å²) in [5.41, 5.74) is 4.04. The van der Waals surface area contributed by atoms with Gasteiger partial charge in [-0.15, -0.1) is 0 Å². The molecule has 1 fully saturated rings. The van der Waals surface area contributed by atoms with Crippen LogP contribution in [0.3, 0.4) is 0 Å². The van der Waals surface area contributed by atoms with Gasteiger partial charge in [0.2, 0.25) is 5.91 Å². The lowest BCUT2D eigenvalue weighted by molar-refractivity contribution is -0.131. The Morgan fingerprint density at radius 2 is 1.93 bits per heavy atom. The van der Waals surface area contributed by atoms with Crippen LogP contribution in [0.2, 0.25) is 0 Å².